The summed E-state index contributed by atoms with van der Waals surface area (Å²) in [5, 5.41) is 11.9. The third-order valence-electron chi connectivity index (χ3n) is 9.61. The van der Waals surface area contributed by atoms with E-state index in [4.69, 9.17) is 9.32 Å². The predicted molar refractivity (Wildman–Crippen MR) is 191 cm³/mol. The van der Waals surface area contributed by atoms with Crippen molar-refractivity contribution in [3.05, 3.63) is 114 Å². The van der Waals surface area contributed by atoms with Crippen LogP contribution in [0.4, 0.5) is 4.79 Å². The first-order chi connectivity index (χ1) is 25.0. The van der Waals surface area contributed by atoms with Gasteiger partial charge in [0.25, 0.3) is 0 Å². The number of urea groups is 1. The molecule has 3 aromatic carbocycles. The third-order valence-corrected chi connectivity index (χ3v) is 10.0. The van der Waals surface area contributed by atoms with E-state index in [1.54, 1.807) is 34.3 Å². The van der Waals surface area contributed by atoms with Crippen LogP contribution in [0.25, 0.3) is 10.9 Å². The zero-order chi connectivity index (χ0) is 36.6. The van der Waals surface area contributed by atoms with Crippen molar-refractivity contribution in [1.29, 1.82) is 0 Å². The Bertz CT molecular complexity index is 2130. The Kier molecular flexibility index (Phi) is 9.57. The molecule has 7 rings (SSSR count). The van der Waals surface area contributed by atoms with Gasteiger partial charge in [-0.25, -0.2) is 14.8 Å². The minimum absolute atomic E-state index is 0.00493. The molecule has 3 aliphatic rings. The summed E-state index contributed by atoms with van der Waals surface area (Å²) < 4.78 is 27.7. The van der Waals surface area contributed by atoms with Crippen molar-refractivity contribution in [3.63, 3.8) is 0 Å². The number of nitrogens with zero attached hydrogens (tertiary/aromatic N) is 4. The van der Waals surface area contributed by atoms with E-state index in [0.717, 1.165) is 34.9 Å². The molecular weight excluding hydrogens is 687 g/mol. The van der Waals surface area contributed by atoms with Crippen LogP contribution in [-0.4, -0.2) is 88.7 Å². The van der Waals surface area contributed by atoms with E-state index in [0.29, 0.717) is 11.1 Å². The van der Waals surface area contributed by atoms with E-state index in [2.05, 4.69) is 16.9 Å². The van der Waals surface area contributed by atoms with E-state index < -0.39 is 28.5 Å². The Labute approximate surface area is 301 Å². The van der Waals surface area contributed by atoms with Crippen molar-refractivity contribution in [2.45, 2.75) is 44.6 Å². The lowest BCUT2D eigenvalue weighted by molar-refractivity contribution is -0.189. The predicted octanol–water partition coefficient (Wildman–Crippen LogP) is 3.08. The van der Waals surface area contributed by atoms with Crippen molar-refractivity contribution < 1.29 is 31.8 Å². The molecule has 4 aromatic rings. The largest absolute Gasteiger partial charge is 0.380 e. The van der Waals surface area contributed by atoms with Crippen molar-refractivity contribution in [2.75, 3.05) is 19.6 Å². The smallest absolute Gasteiger partial charge is 0.371 e. The Morgan fingerprint density at radius 3 is 2.44 bits per heavy atom. The van der Waals surface area contributed by atoms with Crippen molar-refractivity contribution in [1.82, 2.24) is 30.1 Å². The van der Waals surface area contributed by atoms with Crippen LogP contribution in [0.2, 0.25) is 0 Å². The van der Waals surface area contributed by atoms with E-state index in [9.17, 15) is 27.6 Å². The second kappa shape index (κ2) is 14.3. The van der Waals surface area contributed by atoms with Crippen LogP contribution in [0, 0.1) is 5.92 Å². The number of nitrogens with one attached hydrogen (secondary N) is 2. The molecule has 4 amide bonds. The number of piperazine rings is 1. The second-order valence-electron chi connectivity index (χ2n) is 13.2. The number of Topliss-reactive ketones (excluding diaryl/α,β-unsaturated/α-hetero) is 1. The van der Waals surface area contributed by atoms with Gasteiger partial charge in [0.2, 0.25) is 11.8 Å². The standard InChI is InChI=1S/C37H39N7O7S/c1-2-17-42-23-33(45)43-31(18-24-11-15-28(16-12-24)51-52(38,49)50)36(47)41(22-32(43)44(42)37(48)40-19-25-7-4-3-5-8-25)21-27-9-6-10-29-30(20-39-34(27)29)35(46)26-13-14-26/h2-12,15-16,20,26,31-32,39H,1,13-14,17-19,21-23H2,(H,40,48)(H2,38,49,50)/t31-,32-/m0/s1. The molecule has 14 nitrogen and oxygen atoms in total. The number of carbonyl (C=O) groups is 4. The number of fused-ring (bicyclic) bond motifs is 2. The number of amides is 4. The molecule has 0 unspecified atom stereocenters. The van der Waals surface area contributed by atoms with Crippen LogP contribution < -0.4 is 14.6 Å². The minimum atomic E-state index is -4.24. The van der Waals surface area contributed by atoms with Crippen molar-refractivity contribution in [3.8, 4) is 5.75 Å². The molecule has 2 saturated heterocycles. The summed E-state index contributed by atoms with van der Waals surface area (Å²) in [5.41, 5.74) is 3.67. The average Bonchev–Trinajstić information content (AvgIpc) is 3.88. The summed E-state index contributed by atoms with van der Waals surface area (Å²) in [5.74, 6) is -0.516. The van der Waals surface area contributed by atoms with Crippen molar-refractivity contribution in [2.24, 2.45) is 11.1 Å². The molecule has 270 valence electrons. The van der Waals surface area contributed by atoms with Crippen LogP contribution in [0.1, 0.15) is 39.9 Å². The quantitative estimate of drug-likeness (QED) is 0.147. The number of benzene rings is 3. The number of para-hydroxylation sites is 1. The summed E-state index contributed by atoms with van der Waals surface area (Å²) >= 11 is 0. The number of aromatic nitrogens is 1. The lowest BCUT2D eigenvalue weighted by Crippen LogP contribution is -2.76. The molecule has 0 radical (unpaired) electrons. The maximum Gasteiger partial charge on any atom is 0.380 e. The molecule has 0 spiro atoms. The monoisotopic (exact) mass is 725 g/mol. The van der Waals surface area contributed by atoms with E-state index in [1.807, 2.05) is 48.5 Å². The molecular formula is C37H39N7O7S. The van der Waals surface area contributed by atoms with Gasteiger partial charge in [-0.3, -0.25) is 14.4 Å². The highest BCUT2D eigenvalue weighted by molar-refractivity contribution is 7.84. The number of nitrogens with two attached hydrogens (primary N) is 1. The zero-order valence-electron chi connectivity index (χ0n) is 28.3. The summed E-state index contributed by atoms with van der Waals surface area (Å²) in [6.45, 7) is 4.29. The van der Waals surface area contributed by atoms with Crippen LogP contribution in [-0.2, 0) is 39.4 Å². The van der Waals surface area contributed by atoms with Gasteiger partial charge in [-0.05, 0) is 41.7 Å². The molecule has 3 heterocycles. The molecule has 1 aliphatic carbocycles. The molecule has 0 bridgehead atoms. The lowest BCUT2D eigenvalue weighted by Gasteiger charge is -2.55. The van der Waals surface area contributed by atoms with Gasteiger partial charge < -0.3 is 24.3 Å². The Hall–Kier alpha value is -5.51. The summed E-state index contributed by atoms with van der Waals surface area (Å²) in [6, 6.07) is 19.7. The van der Waals surface area contributed by atoms with Crippen LogP contribution >= 0.6 is 0 Å². The lowest BCUT2D eigenvalue weighted by atomic mass is 9.98. The summed E-state index contributed by atoms with van der Waals surface area (Å²) in [6.07, 6.45) is 4.30. The van der Waals surface area contributed by atoms with Gasteiger partial charge in [0.15, 0.2) is 5.78 Å². The molecule has 2 aliphatic heterocycles. The van der Waals surface area contributed by atoms with E-state index in [-0.39, 0.29) is 68.4 Å². The summed E-state index contributed by atoms with van der Waals surface area (Å²) in [7, 11) is -4.24. The first-order valence-corrected chi connectivity index (χ1v) is 18.5. The number of H-pyrrole nitrogens is 1. The molecule has 52 heavy (non-hydrogen) atoms. The van der Waals surface area contributed by atoms with Crippen molar-refractivity contribution >= 4 is 44.8 Å². The number of hydrazine groups is 1. The third kappa shape index (κ3) is 7.28. The molecule has 1 saturated carbocycles. The fraction of sp³-hybridized carbons (Fsp3) is 0.297. The SMILES string of the molecule is C=CCN1CC(=O)N2[C@@H](Cc3ccc(OS(N)(=O)=O)cc3)C(=O)N(Cc3cccc4c(C(=O)C5CC5)c[nH]c34)C[C@@H]2N1C(=O)NCc1ccccc1. The van der Waals surface area contributed by atoms with E-state index >= 15 is 0 Å². The average molecular weight is 726 g/mol. The first-order valence-electron chi connectivity index (χ1n) is 17.0. The fourth-order valence-electron chi connectivity index (χ4n) is 7.06. The molecule has 1 aromatic heterocycles. The number of carbonyl (C=O) groups excluding carboxylic acids is 4. The van der Waals surface area contributed by atoms with Crippen LogP contribution in [0.3, 0.4) is 0 Å². The number of rotatable bonds is 12. The van der Waals surface area contributed by atoms with E-state index in [1.165, 1.54) is 22.0 Å². The second-order valence-corrected chi connectivity index (χ2v) is 14.4. The van der Waals surface area contributed by atoms with Gasteiger partial charge in [-0.2, -0.15) is 13.6 Å². The highest BCUT2D eigenvalue weighted by atomic mass is 32.2. The number of hydrogen-bond donors (Lipinski definition) is 3. The normalized spacial score (nSPS) is 19.4. The van der Waals surface area contributed by atoms with Gasteiger partial charge in [0, 0.05) is 49.1 Å². The highest BCUT2D eigenvalue weighted by Crippen LogP contribution is 2.36. The van der Waals surface area contributed by atoms with Gasteiger partial charge in [-0.15, -0.1) is 6.58 Å². The number of ketones is 1. The number of hydrogen-bond acceptors (Lipinski definition) is 8. The number of aromatic amines is 1. The van der Waals surface area contributed by atoms with Crippen LogP contribution in [0.5, 0.6) is 5.75 Å². The Balaban J connectivity index is 1.23. The molecule has 4 N–H and O–H groups in total. The maximum absolute atomic E-state index is 14.5. The van der Waals surface area contributed by atoms with Gasteiger partial charge >= 0.3 is 16.3 Å². The summed E-state index contributed by atoms with van der Waals surface area (Å²) in [4.78, 5) is 62.0. The Morgan fingerprint density at radius 1 is 1.00 bits per heavy atom. The Morgan fingerprint density at radius 2 is 1.75 bits per heavy atom. The molecule has 2 atom stereocenters. The molecule has 15 heteroatoms. The topological polar surface area (TPSA) is 178 Å². The molecule has 3 fully saturated rings. The van der Waals surface area contributed by atoms with Gasteiger partial charge in [-0.1, -0.05) is 66.7 Å². The maximum atomic E-state index is 14.5. The minimum Gasteiger partial charge on any atom is -0.371 e. The van der Waals surface area contributed by atoms with Gasteiger partial charge in [0.05, 0.1) is 18.6 Å². The van der Waals surface area contributed by atoms with Gasteiger partial charge in [0.1, 0.15) is 18.0 Å². The highest BCUT2D eigenvalue weighted by Gasteiger charge is 2.51. The fourth-order valence-corrected chi connectivity index (χ4v) is 7.44. The van der Waals surface area contributed by atoms with Crippen LogP contribution in [0.15, 0.2) is 91.6 Å². The first kappa shape index (κ1) is 34.9. The zero-order valence-corrected chi connectivity index (χ0v) is 29.1.